The minimum Gasteiger partial charge on any atom is -0.329 e. The van der Waals surface area contributed by atoms with Crippen LogP contribution in [0.3, 0.4) is 0 Å². The standard InChI is InChI=1S/C24H20N2O2/c27-23-21-14-8-7-13-20(21)15-22(25-23)24(28)26(16-18-9-3-1-4-10-18)17-19-11-5-2-6-12-19/h1-15H,16-17H2,(H,25,27). The molecule has 138 valence electrons. The van der Waals surface area contributed by atoms with Crippen LogP contribution in [0.5, 0.6) is 0 Å². The van der Waals surface area contributed by atoms with Crippen LogP contribution >= 0.6 is 0 Å². The van der Waals surface area contributed by atoms with Crippen molar-refractivity contribution < 1.29 is 4.79 Å². The summed E-state index contributed by atoms with van der Waals surface area (Å²) in [6.07, 6.45) is 0. The summed E-state index contributed by atoms with van der Waals surface area (Å²) in [6.45, 7) is 0.923. The second-order valence-electron chi connectivity index (χ2n) is 6.73. The van der Waals surface area contributed by atoms with Crippen molar-refractivity contribution in [3.05, 3.63) is 118 Å². The van der Waals surface area contributed by atoms with Crippen molar-refractivity contribution in [3.8, 4) is 0 Å². The number of fused-ring (bicyclic) bond motifs is 1. The van der Waals surface area contributed by atoms with Crippen LogP contribution in [-0.4, -0.2) is 15.8 Å². The third kappa shape index (κ3) is 3.86. The summed E-state index contributed by atoms with van der Waals surface area (Å²) >= 11 is 0. The summed E-state index contributed by atoms with van der Waals surface area (Å²) in [6, 6.07) is 28.7. The number of pyridine rings is 1. The van der Waals surface area contributed by atoms with Crippen molar-refractivity contribution in [1.29, 1.82) is 0 Å². The van der Waals surface area contributed by atoms with Crippen LogP contribution in [0.4, 0.5) is 0 Å². The van der Waals surface area contributed by atoms with Gasteiger partial charge in [-0.15, -0.1) is 0 Å². The fraction of sp³-hybridized carbons (Fsp3) is 0.0833. The fourth-order valence-corrected chi connectivity index (χ4v) is 3.30. The van der Waals surface area contributed by atoms with Crippen LogP contribution in [0.1, 0.15) is 21.6 Å². The van der Waals surface area contributed by atoms with Gasteiger partial charge in [0, 0.05) is 18.5 Å². The van der Waals surface area contributed by atoms with E-state index in [1.165, 1.54) is 0 Å². The zero-order valence-corrected chi connectivity index (χ0v) is 15.3. The highest BCUT2D eigenvalue weighted by atomic mass is 16.2. The Labute approximate surface area is 163 Å². The molecule has 4 nitrogen and oxygen atoms in total. The third-order valence-corrected chi connectivity index (χ3v) is 4.70. The first-order chi connectivity index (χ1) is 13.7. The Kier molecular flexibility index (Phi) is 5.02. The molecule has 0 fully saturated rings. The van der Waals surface area contributed by atoms with Crippen LogP contribution in [0, 0.1) is 0 Å². The monoisotopic (exact) mass is 368 g/mol. The first-order valence-electron chi connectivity index (χ1n) is 9.20. The zero-order chi connectivity index (χ0) is 19.3. The molecule has 0 atom stereocenters. The maximum Gasteiger partial charge on any atom is 0.270 e. The third-order valence-electron chi connectivity index (χ3n) is 4.70. The first kappa shape index (κ1) is 17.7. The summed E-state index contributed by atoms with van der Waals surface area (Å²) in [7, 11) is 0. The van der Waals surface area contributed by atoms with Crippen molar-refractivity contribution in [2.24, 2.45) is 0 Å². The number of H-pyrrole nitrogens is 1. The molecular formula is C24H20N2O2. The molecule has 0 aliphatic rings. The van der Waals surface area contributed by atoms with E-state index in [2.05, 4.69) is 4.98 Å². The number of aromatic amines is 1. The van der Waals surface area contributed by atoms with Gasteiger partial charge in [0.1, 0.15) is 5.69 Å². The van der Waals surface area contributed by atoms with Gasteiger partial charge in [0.15, 0.2) is 0 Å². The number of rotatable bonds is 5. The number of hydrogen-bond acceptors (Lipinski definition) is 2. The van der Waals surface area contributed by atoms with Crippen LogP contribution in [-0.2, 0) is 13.1 Å². The van der Waals surface area contributed by atoms with Crippen molar-refractivity contribution >= 4 is 16.7 Å². The molecule has 4 heteroatoms. The van der Waals surface area contributed by atoms with Gasteiger partial charge in [-0.1, -0.05) is 78.9 Å². The van der Waals surface area contributed by atoms with Crippen molar-refractivity contribution in [2.45, 2.75) is 13.1 Å². The number of hydrogen-bond donors (Lipinski definition) is 1. The predicted octanol–water partition coefficient (Wildman–Crippen LogP) is 4.37. The van der Waals surface area contributed by atoms with Gasteiger partial charge in [-0.3, -0.25) is 9.59 Å². The molecule has 3 aromatic carbocycles. The van der Waals surface area contributed by atoms with E-state index in [9.17, 15) is 9.59 Å². The van der Waals surface area contributed by atoms with Crippen LogP contribution < -0.4 is 5.56 Å². The Morgan fingerprint density at radius 3 is 1.89 bits per heavy atom. The van der Waals surface area contributed by atoms with E-state index in [0.717, 1.165) is 16.5 Å². The predicted molar refractivity (Wildman–Crippen MR) is 111 cm³/mol. The summed E-state index contributed by atoms with van der Waals surface area (Å²) in [5.74, 6) is -0.199. The minimum atomic E-state index is -0.249. The summed E-state index contributed by atoms with van der Waals surface area (Å²) < 4.78 is 0. The number of benzene rings is 3. The second-order valence-corrected chi connectivity index (χ2v) is 6.73. The normalized spacial score (nSPS) is 10.7. The Morgan fingerprint density at radius 2 is 1.29 bits per heavy atom. The number of nitrogens with one attached hydrogen (secondary N) is 1. The Balaban J connectivity index is 1.70. The van der Waals surface area contributed by atoms with E-state index in [4.69, 9.17) is 0 Å². The van der Waals surface area contributed by atoms with Gasteiger partial charge >= 0.3 is 0 Å². The molecule has 1 N–H and O–H groups in total. The average molecular weight is 368 g/mol. The number of nitrogens with zero attached hydrogens (tertiary/aromatic N) is 1. The van der Waals surface area contributed by atoms with Crippen molar-refractivity contribution in [3.63, 3.8) is 0 Å². The fourth-order valence-electron chi connectivity index (χ4n) is 3.30. The molecule has 4 rings (SSSR count). The molecule has 0 saturated heterocycles. The lowest BCUT2D eigenvalue weighted by atomic mass is 10.1. The molecular weight excluding hydrogens is 348 g/mol. The van der Waals surface area contributed by atoms with E-state index in [0.29, 0.717) is 24.2 Å². The molecule has 1 amide bonds. The molecule has 0 radical (unpaired) electrons. The van der Waals surface area contributed by atoms with Gasteiger partial charge in [-0.2, -0.15) is 0 Å². The van der Waals surface area contributed by atoms with E-state index in [-0.39, 0.29) is 11.5 Å². The number of carbonyl (C=O) groups is 1. The van der Waals surface area contributed by atoms with Crippen molar-refractivity contribution in [2.75, 3.05) is 0 Å². The van der Waals surface area contributed by atoms with E-state index < -0.39 is 0 Å². The summed E-state index contributed by atoms with van der Waals surface area (Å²) in [5, 5.41) is 1.34. The smallest absolute Gasteiger partial charge is 0.270 e. The first-order valence-corrected chi connectivity index (χ1v) is 9.20. The largest absolute Gasteiger partial charge is 0.329 e. The van der Waals surface area contributed by atoms with Gasteiger partial charge in [0.25, 0.3) is 11.5 Å². The molecule has 28 heavy (non-hydrogen) atoms. The summed E-state index contributed by atoms with van der Waals surface area (Å²) in [5.41, 5.74) is 2.13. The lowest BCUT2D eigenvalue weighted by Gasteiger charge is -2.23. The molecule has 0 aliphatic carbocycles. The zero-order valence-electron chi connectivity index (χ0n) is 15.3. The molecule has 1 aromatic heterocycles. The molecule has 4 aromatic rings. The molecule has 0 saturated carbocycles. The second kappa shape index (κ2) is 7.92. The van der Waals surface area contributed by atoms with E-state index in [1.807, 2.05) is 78.9 Å². The summed E-state index contributed by atoms with van der Waals surface area (Å²) in [4.78, 5) is 30.2. The number of carbonyl (C=O) groups excluding carboxylic acids is 1. The maximum absolute atomic E-state index is 13.3. The average Bonchev–Trinajstić information content (AvgIpc) is 2.74. The van der Waals surface area contributed by atoms with E-state index >= 15 is 0 Å². The Hall–Kier alpha value is -3.66. The molecule has 0 spiro atoms. The highest BCUT2D eigenvalue weighted by Gasteiger charge is 2.18. The highest BCUT2D eigenvalue weighted by Crippen LogP contribution is 2.16. The number of aromatic nitrogens is 1. The maximum atomic E-state index is 13.3. The quantitative estimate of drug-likeness (QED) is 0.569. The molecule has 0 bridgehead atoms. The topological polar surface area (TPSA) is 53.2 Å². The van der Waals surface area contributed by atoms with Crippen LogP contribution in [0.2, 0.25) is 0 Å². The Morgan fingerprint density at radius 1 is 0.750 bits per heavy atom. The Bertz CT molecular complexity index is 1110. The lowest BCUT2D eigenvalue weighted by molar-refractivity contribution is 0.0724. The van der Waals surface area contributed by atoms with Gasteiger partial charge in [-0.25, -0.2) is 0 Å². The molecule has 0 unspecified atom stereocenters. The number of amides is 1. The highest BCUT2D eigenvalue weighted by molar-refractivity contribution is 5.96. The van der Waals surface area contributed by atoms with Gasteiger partial charge in [-0.05, 0) is 28.6 Å². The van der Waals surface area contributed by atoms with Crippen LogP contribution in [0.25, 0.3) is 10.8 Å². The SMILES string of the molecule is O=C(c1cc2ccccc2c(=O)[nH]1)N(Cc1ccccc1)Cc1ccccc1. The van der Waals surface area contributed by atoms with Crippen molar-refractivity contribution in [1.82, 2.24) is 9.88 Å². The van der Waals surface area contributed by atoms with E-state index in [1.54, 1.807) is 17.0 Å². The lowest BCUT2D eigenvalue weighted by Crippen LogP contribution is -2.32. The van der Waals surface area contributed by atoms with Gasteiger partial charge in [0.05, 0.1) is 0 Å². The van der Waals surface area contributed by atoms with Crippen LogP contribution in [0.15, 0.2) is 95.8 Å². The minimum absolute atomic E-state index is 0.199. The van der Waals surface area contributed by atoms with Gasteiger partial charge in [0.2, 0.25) is 0 Å². The molecule has 1 heterocycles. The van der Waals surface area contributed by atoms with Gasteiger partial charge < -0.3 is 9.88 Å². The molecule has 0 aliphatic heterocycles.